The predicted octanol–water partition coefficient (Wildman–Crippen LogP) is 5.61. The molecular formula is C21H22N4O2S2. The van der Waals surface area contributed by atoms with Gasteiger partial charge >= 0.3 is 0 Å². The topological polar surface area (TPSA) is 72.8 Å². The number of aryl methyl sites for hydroxylation is 1. The molecule has 1 fully saturated rings. The first-order chi connectivity index (χ1) is 14.1. The quantitative estimate of drug-likeness (QED) is 0.302. The van der Waals surface area contributed by atoms with E-state index in [0.29, 0.717) is 6.04 Å². The second-order valence-corrected chi connectivity index (χ2v) is 9.29. The zero-order valence-corrected chi connectivity index (χ0v) is 17.8. The van der Waals surface area contributed by atoms with Crippen molar-refractivity contribution in [1.82, 2.24) is 4.68 Å². The Morgan fingerprint density at radius 2 is 1.90 bits per heavy atom. The average Bonchev–Trinajstić information content (AvgIpc) is 3.33. The summed E-state index contributed by atoms with van der Waals surface area (Å²) >= 11 is 3.26. The van der Waals surface area contributed by atoms with Gasteiger partial charge in [0.15, 0.2) is 0 Å². The van der Waals surface area contributed by atoms with Crippen LogP contribution in [0.25, 0.3) is 11.3 Å². The van der Waals surface area contributed by atoms with Crippen molar-refractivity contribution in [3.8, 4) is 11.3 Å². The van der Waals surface area contributed by atoms with Crippen LogP contribution in [0.4, 0.5) is 5.69 Å². The van der Waals surface area contributed by atoms with Gasteiger partial charge in [-0.1, -0.05) is 19.3 Å². The van der Waals surface area contributed by atoms with Crippen LogP contribution in [-0.4, -0.2) is 21.9 Å². The second kappa shape index (κ2) is 8.84. The molecular weight excluding hydrogens is 404 g/mol. The minimum absolute atomic E-state index is 0.0835. The first kappa shape index (κ1) is 19.7. The minimum atomic E-state index is -0.382. The second-order valence-electron chi connectivity index (χ2n) is 7.13. The Hall–Kier alpha value is -2.58. The van der Waals surface area contributed by atoms with Gasteiger partial charge in [-0.2, -0.15) is 5.10 Å². The lowest BCUT2D eigenvalue weighted by Gasteiger charge is -2.16. The van der Waals surface area contributed by atoms with Gasteiger partial charge in [0.05, 0.1) is 22.9 Å². The number of hydrogen-bond donors (Lipinski definition) is 0. The summed E-state index contributed by atoms with van der Waals surface area (Å²) < 4.78 is 1.87. The van der Waals surface area contributed by atoms with Gasteiger partial charge in [-0.25, -0.2) is 4.68 Å². The Balaban J connectivity index is 1.74. The van der Waals surface area contributed by atoms with Crippen molar-refractivity contribution in [2.45, 2.75) is 45.1 Å². The molecule has 1 aromatic carbocycles. The lowest BCUT2D eigenvalue weighted by atomic mass is 9.96. The fourth-order valence-corrected chi connectivity index (χ4v) is 5.11. The molecule has 0 saturated heterocycles. The molecule has 0 amide bonds. The van der Waals surface area contributed by atoms with E-state index in [-0.39, 0.29) is 10.6 Å². The van der Waals surface area contributed by atoms with Crippen LogP contribution in [0.5, 0.6) is 0 Å². The van der Waals surface area contributed by atoms with Crippen molar-refractivity contribution in [3.05, 3.63) is 66.4 Å². The maximum Gasteiger partial charge on any atom is 0.269 e. The highest BCUT2D eigenvalue weighted by atomic mass is 32.1. The van der Waals surface area contributed by atoms with E-state index >= 15 is 0 Å². The number of nitrogens with zero attached hydrogens (tertiary/aromatic N) is 4. The van der Waals surface area contributed by atoms with Crippen LogP contribution < -0.4 is 4.80 Å². The van der Waals surface area contributed by atoms with Crippen molar-refractivity contribution >= 4 is 34.6 Å². The zero-order chi connectivity index (χ0) is 20.2. The van der Waals surface area contributed by atoms with Crippen LogP contribution in [0, 0.1) is 17.0 Å². The Morgan fingerprint density at radius 3 is 2.55 bits per heavy atom. The molecule has 0 radical (unpaired) electrons. The summed E-state index contributed by atoms with van der Waals surface area (Å²) in [6.07, 6.45) is 7.86. The number of nitro benzene ring substituents is 1. The maximum absolute atomic E-state index is 11.0. The minimum Gasteiger partial charge on any atom is -0.258 e. The standard InChI is InChI=1S/C21H22N4O2S2/c1-15-7-12-19(29-15)13-22-24-20(16-8-10-18(11-9-16)25(26)27)14-28-21(24)23-17-5-3-2-4-6-17/h7-14,17H,2-6H2,1H3/b22-13-,23-21?. The van der Waals surface area contributed by atoms with Crippen LogP contribution in [0.2, 0.25) is 0 Å². The molecule has 1 aliphatic carbocycles. The first-order valence-electron chi connectivity index (χ1n) is 9.70. The summed E-state index contributed by atoms with van der Waals surface area (Å²) in [5, 5.41) is 17.7. The number of rotatable bonds is 5. The maximum atomic E-state index is 11.0. The fraction of sp³-hybridized carbons (Fsp3) is 0.333. The smallest absolute Gasteiger partial charge is 0.258 e. The van der Waals surface area contributed by atoms with Crippen molar-refractivity contribution in [2.24, 2.45) is 10.1 Å². The summed E-state index contributed by atoms with van der Waals surface area (Å²) in [5.41, 5.74) is 1.86. The molecule has 8 heteroatoms. The highest BCUT2D eigenvalue weighted by Gasteiger charge is 2.14. The molecule has 1 saturated carbocycles. The molecule has 0 bridgehead atoms. The van der Waals surface area contributed by atoms with E-state index in [1.165, 1.54) is 36.3 Å². The SMILES string of the molecule is Cc1ccc(/C=N\n2c(-c3ccc([N+](=O)[O-])cc3)csc2=NC2CCCCC2)s1. The molecule has 0 spiro atoms. The van der Waals surface area contributed by atoms with Crippen LogP contribution >= 0.6 is 22.7 Å². The van der Waals surface area contributed by atoms with Crippen LogP contribution in [0.15, 0.2) is 51.9 Å². The monoisotopic (exact) mass is 426 g/mol. The van der Waals surface area contributed by atoms with Crippen LogP contribution in [-0.2, 0) is 0 Å². The molecule has 0 atom stereocenters. The van der Waals surface area contributed by atoms with Gasteiger partial charge in [-0.05, 0) is 44.0 Å². The number of non-ortho nitro benzene ring substituents is 1. The number of aromatic nitrogens is 1. The van der Waals surface area contributed by atoms with Crippen LogP contribution in [0.1, 0.15) is 41.9 Å². The molecule has 1 aliphatic rings. The Kier molecular flexibility index (Phi) is 6.01. The summed E-state index contributed by atoms with van der Waals surface area (Å²) in [6, 6.07) is 11.1. The van der Waals surface area contributed by atoms with Crippen molar-refractivity contribution < 1.29 is 4.92 Å². The van der Waals surface area contributed by atoms with Crippen molar-refractivity contribution in [2.75, 3.05) is 0 Å². The lowest BCUT2D eigenvalue weighted by molar-refractivity contribution is -0.384. The van der Waals surface area contributed by atoms with Gasteiger partial charge < -0.3 is 0 Å². The van der Waals surface area contributed by atoms with Gasteiger partial charge in [0.1, 0.15) is 0 Å². The molecule has 4 rings (SSSR count). The molecule has 0 N–H and O–H groups in total. The zero-order valence-electron chi connectivity index (χ0n) is 16.2. The summed E-state index contributed by atoms with van der Waals surface area (Å²) in [4.78, 5) is 18.8. The van der Waals surface area contributed by atoms with E-state index in [0.717, 1.165) is 33.8 Å². The average molecular weight is 427 g/mol. The molecule has 0 unspecified atom stereocenters. The van der Waals surface area contributed by atoms with Gasteiger partial charge in [0, 0.05) is 32.8 Å². The number of thiazole rings is 1. The third kappa shape index (κ3) is 4.71. The number of hydrogen-bond acceptors (Lipinski definition) is 6. The molecule has 6 nitrogen and oxygen atoms in total. The van der Waals surface area contributed by atoms with Gasteiger partial charge in [0.2, 0.25) is 4.80 Å². The van der Waals surface area contributed by atoms with Gasteiger partial charge in [-0.3, -0.25) is 15.1 Å². The summed E-state index contributed by atoms with van der Waals surface area (Å²) in [5.74, 6) is 0. The van der Waals surface area contributed by atoms with E-state index < -0.39 is 0 Å². The molecule has 150 valence electrons. The molecule has 29 heavy (non-hydrogen) atoms. The number of thiophene rings is 1. The van der Waals surface area contributed by atoms with Gasteiger partial charge in [-0.15, -0.1) is 22.7 Å². The lowest BCUT2D eigenvalue weighted by Crippen LogP contribution is -2.18. The van der Waals surface area contributed by atoms with Gasteiger partial charge in [0.25, 0.3) is 5.69 Å². The first-order valence-corrected chi connectivity index (χ1v) is 11.4. The number of benzene rings is 1. The van der Waals surface area contributed by atoms with E-state index in [1.807, 2.05) is 16.3 Å². The summed E-state index contributed by atoms with van der Waals surface area (Å²) in [6.45, 7) is 2.08. The van der Waals surface area contributed by atoms with E-state index in [4.69, 9.17) is 10.1 Å². The molecule has 2 aromatic heterocycles. The van der Waals surface area contributed by atoms with E-state index in [9.17, 15) is 10.1 Å². The number of nitro groups is 1. The summed E-state index contributed by atoms with van der Waals surface area (Å²) in [7, 11) is 0. The molecule has 3 aromatic rings. The Labute approximate surface area is 177 Å². The highest BCUT2D eigenvalue weighted by molar-refractivity contribution is 7.13. The van der Waals surface area contributed by atoms with E-state index in [1.54, 1.807) is 34.8 Å². The van der Waals surface area contributed by atoms with Crippen molar-refractivity contribution in [3.63, 3.8) is 0 Å². The third-order valence-electron chi connectivity index (χ3n) is 4.99. The molecule has 0 aliphatic heterocycles. The van der Waals surface area contributed by atoms with Crippen LogP contribution in [0.3, 0.4) is 0 Å². The molecule has 2 heterocycles. The third-order valence-corrected chi connectivity index (χ3v) is 6.75. The normalized spacial score (nSPS) is 16.0. The van der Waals surface area contributed by atoms with Crippen molar-refractivity contribution in [1.29, 1.82) is 0 Å². The highest BCUT2D eigenvalue weighted by Crippen LogP contribution is 2.24. The predicted molar refractivity (Wildman–Crippen MR) is 119 cm³/mol. The van der Waals surface area contributed by atoms with E-state index in [2.05, 4.69) is 19.1 Å². The Bertz CT molecular complexity index is 1090. The Morgan fingerprint density at radius 1 is 1.14 bits per heavy atom. The largest absolute Gasteiger partial charge is 0.269 e. The fourth-order valence-electron chi connectivity index (χ4n) is 3.46.